The van der Waals surface area contributed by atoms with E-state index in [1.165, 1.54) is 13.8 Å². The van der Waals surface area contributed by atoms with Crippen molar-refractivity contribution in [2.75, 3.05) is 0 Å². The molecule has 1 aromatic rings. The van der Waals surface area contributed by atoms with Crippen LogP contribution in [0.3, 0.4) is 0 Å². The first-order valence-electron chi connectivity index (χ1n) is 4.77. The Balaban J connectivity index is 3.80. The number of Topliss-reactive ketones (excluding diaryl/α,β-unsaturated/α-hetero) is 1. The number of nitro groups is 1. The molecule has 1 aromatic carbocycles. The van der Waals surface area contributed by atoms with Crippen LogP contribution in [0.2, 0.25) is 0 Å². The Morgan fingerprint density at radius 2 is 1.69 bits per heavy atom. The van der Waals surface area contributed by atoms with Crippen LogP contribution in [0, 0.1) is 30.9 Å². The van der Waals surface area contributed by atoms with Gasteiger partial charge >= 0.3 is 0 Å². The van der Waals surface area contributed by atoms with Crippen LogP contribution in [0.5, 0.6) is 5.75 Å². The van der Waals surface area contributed by atoms with Crippen molar-refractivity contribution >= 4 is 11.5 Å². The first-order chi connectivity index (χ1) is 7.29. The lowest BCUT2D eigenvalue weighted by Crippen LogP contribution is -2.05. The fraction of sp³-hybridized carbons (Fsp3) is 0.364. The molecule has 0 aliphatic rings. The van der Waals surface area contributed by atoms with Crippen LogP contribution in [-0.4, -0.2) is 15.8 Å². The summed E-state index contributed by atoms with van der Waals surface area (Å²) in [6.45, 7) is 5.87. The molecule has 0 unspecified atom stereocenters. The maximum atomic E-state index is 11.3. The minimum absolute atomic E-state index is 0.0369. The van der Waals surface area contributed by atoms with E-state index in [4.69, 9.17) is 0 Å². The molecular weight excluding hydrogens is 210 g/mol. The zero-order chi connectivity index (χ0) is 12.6. The van der Waals surface area contributed by atoms with Gasteiger partial charge in [-0.25, -0.2) is 0 Å². The average molecular weight is 223 g/mol. The van der Waals surface area contributed by atoms with Crippen LogP contribution in [-0.2, 0) is 0 Å². The Morgan fingerprint density at radius 3 is 2.06 bits per heavy atom. The Morgan fingerprint density at radius 1 is 1.19 bits per heavy atom. The van der Waals surface area contributed by atoms with Crippen molar-refractivity contribution in [2.24, 2.45) is 0 Å². The van der Waals surface area contributed by atoms with Crippen LogP contribution in [0.25, 0.3) is 0 Å². The number of phenolic OH excluding ortho intramolecular Hbond substituents is 1. The minimum Gasteiger partial charge on any atom is -0.507 e. The summed E-state index contributed by atoms with van der Waals surface area (Å²) in [7, 11) is 0. The molecule has 1 rings (SSSR count). The Hall–Kier alpha value is -1.91. The molecule has 0 radical (unpaired) electrons. The molecule has 0 spiro atoms. The summed E-state index contributed by atoms with van der Waals surface area (Å²) in [6.07, 6.45) is 0. The van der Waals surface area contributed by atoms with Gasteiger partial charge in [0.25, 0.3) is 5.69 Å². The second kappa shape index (κ2) is 3.92. The number of hydrogen-bond acceptors (Lipinski definition) is 4. The molecule has 1 N–H and O–H groups in total. The van der Waals surface area contributed by atoms with Crippen molar-refractivity contribution in [3.63, 3.8) is 0 Å². The molecule has 5 heteroatoms. The lowest BCUT2D eigenvalue weighted by atomic mass is 9.94. The molecular formula is C11H13NO4. The van der Waals surface area contributed by atoms with Crippen molar-refractivity contribution in [1.29, 1.82) is 0 Å². The Kier molecular flexibility index (Phi) is 2.98. The van der Waals surface area contributed by atoms with Crippen LogP contribution < -0.4 is 0 Å². The van der Waals surface area contributed by atoms with Gasteiger partial charge in [-0.2, -0.15) is 0 Å². The second-order valence-electron chi connectivity index (χ2n) is 3.76. The first kappa shape index (κ1) is 12.2. The summed E-state index contributed by atoms with van der Waals surface area (Å²) in [5.41, 5.74) is 0.931. The smallest absolute Gasteiger partial charge is 0.276 e. The summed E-state index contributed by atoms with van der Waals surface area (Å²) in [4.78, 5) is 21.7. The second-order valence-corrected chi connectivity index (χ2v) is 3.76. The predicted octanol–water partition coefficient (Wildman–Crippen LogP) is 2.43. The highest BCUT2D eigenvalue weighted by atomic mass is 16.6. The summed E-state index contributed by atoms with van der Waals surface area (Å²) in [5.74, 6) is -0.533. The van der Waals surface area contributed by atoms with E-state index in [1.54, 1.807) is 13.8 Å². The van der Waals surface area contributed by atoms with E-state index in [0.717, 1.165) is 0 Å². The molecule has 0 bridgehead atoms. The molecule has 0 saturated carbocycles. The third-order valence-corrected chi connectivity index (χ3v) is 2.77. The van der Waals surface area contributed by atoms with E-state index >= 15 is 0 Å². The lowest BCUT2D eigenvalue weighted by Gasteiger charge is -2.12. The molecule has 0 aromatic heterocycles. The summed E-state index contributed by atoms with van der Waals surface area (Å²) in [5, 5.41) is 20.7. The van der Waals surface area contributed by atoms with Gasteiger partial charge in [-0.3, -0.25) is 14.9 Å². The quantitative estimate of drug-likeness (QED) is 0.474. The standard InChI is InChI=1S/C11H13NO4/c1-5-6(2)11(14)9(8(4)13)7(3)10(5)12(15)16/h14H,1-4H3. The molecule has 16 heavy (non-hydrogen) atoms. The average Bonchev–Trinajstić information content (AvgIpc) is 2.13. The maximum Gasteiger partial charge on any atom is 0.276 e. The number of carbonyl (C=O) groups excluding carboxylic acids is 1. The topological polar surface area (TPSA) is 80.4 Å². The molecule has 5 nitrogen and oxygen atoms in total. The fourth-order valence-corrected chi connectivity index (χ4v) is 1.82. The summed E-state index contributed by atoms with van der Waals surface area (Å²) < 4.78 is 0. The van der Waals surface area contributed by atoms with E-state index in [-0.39, 0.29) is 28.3 Å². The van der Waals surface area contributed by atoms with E-state index in [0.29, 0.717) is 11.1 Å². The number of nitro benzene ring substituents is 1. The zero-order valence-electron chi connectivity index (χ0n) is 9.62. The van der Waals surface area contributed by atoms with Gasteiger partial charge in [0.1, 0.15) is 5.75 Å². The van der Waals surface area contributed by atoms with Gasteiger partial charge in [0.05, 0.1) is 10.5 Å². The Labute approximate surface area is 92.9 Å². The number of hydrogen-bond donors (Lipinski definition) is 1. The van der Waals surface area contributed by atoms with Crippen LogP contribution in [0.4, 0.5) is 5.69 Å². The molecule has 0 heterocycles. The predicted molar refractivity (Wildman–Crippen MR) is 59.0 cm³/mol. The SMILES string of the molecule is CC(=O)c1c(C)c([N+](=O)[O-])c(C)c(C)c1O. The number of carbonyl (C=O) groups is 1. The molecule has 0 saturated heterocycles. The fourth-order valence-electron chi connectivity index (χ4n) is 1.82. The minimum atomic E-state index is -0.524. The molecule has 0 amide bonds. The number of aromatic hydroxyl groups is 1. The number of benzene rings is 1. The first-order valence-corrected chi connectivity index (χ1v) is 4.77. The van der Waals surface area contributed by atoms with Gasteiger partial charge in [-0.1, -0.05) is 0 Å². The molecule has 0 aliphatic heterocycles. The molecule has 0 aliphatic carbocycles. The van der Waals surface area contributed by atoms with E-state index in [2.05, 4.69) is 0 Å². The van der Waals surface area contributed by atoms with Crippen molar-refractivity contribution in [3.05, 3.63) is 32.4 Å². The van der Waals surface area contributed by atoms with Gasteiger partial charge in [0.15, 0.2) is 5.78 Å². The number of rotatable bonds is 2. The number of phenols is 1. The molecule has 0 fully saturated rings. The molecule has 86 valence electrons. The molecule has 0 atom stereocenters. The van der Waals surface area contributed by atoms with E-state index in [1.807, 2.05) is 0 Å². The highest BCUT2D eigenvalue weighted by Crippen LogP contribution is 2.36. The number of nitrogens with zero attached hydrogens (tertiary/aromatic N) is 1. The van der Waals surface area contributed by atoms with Gasteiger partial charge in [-0.05, 0) is 27.7 Å². The summed E-state index contributed by atoms with van der Waals surface area (Å²) >= 11 is 0. The van der Waals surface area contributed by atoms with Gasteiger partial charge in [0.2, 0.25) is 0 Å². The van der Waals surface area contributed by atoms with Crippen molar-refractivity contribution in [1.82, 2.24) is 0 Å². The van der Waals surface area contributed by atoms with Crippen LogP contribution in [0.15, 0.2) is 0 Å². The Bertz CT molecular complexity index is 450. The van der Waals surface area contributed by atoms with Gasteiger partial charge in [0, 0.05) is 16.7 Å². The van der Waals surface area contributed by atoms with Crippen molar-refractivity contribution in [3.8, 4) is 5.75 Å². The lowest BCUT2D eigenvalue weighted by molar-refractivity contribution is -0.386. The third kappa shape index (κ3) is 1.64. The third-order valence-electron chi connectivity index (χ3n) is 2.77. The summed E-state index contributed by atoms with van der Waals surface area (Å²) in [6, 6.07) is 0. The monoisotopic (exact) mass is 223 g/mol. The highest BCUT2D eigenvalue weighted by Gasteiger charge is 2.25. The van der Waals surface area contributed by atoms with Gasteiger partial charge < -0.3 is 5.11 Å². The largest absolute Gasteiger partial charge is 0.507 e. The van der Waals surface area contributed by atoms with E-state index in [9.17, 15) is 20.0 Å². The van der Waals surface area contributed by atoms with Crippen LogP contribution in [0.1, 0.15) is 34.0 Å². The number of ketones is 1. The zero-order valence-corrected chi connectivity index (χ0v) is 9.62. The van der Waals surface area contributed by atoms with Crippen LogP contribution >= 0.6 is 0 Å². The highest BCUT2D eigenvalue weighted by molar-refractivity contribution is 6.00. The van der Waals surface area contributed by atoms with Gasteiger partial charge in [-0.15, -0.1) is 0 Å². The van der Waals surface area contributed by atoms with Crippen molar-refractivity contribution < 1.29 is 14.8 Å². The normalized spacial score (nSPS) is 10.2. The van der Waals surface area contributed by atoms with Crippen molar-refractivity contribution in [2.45, 2.75) is 27.7 Å². The van der Waals surface area contributed by atoms with E-state index < -0.39 is 4.92 Å². The maximum absolute atomic E-state index is 11.3.